The van der Waals surface area contributed by atoms with Crippen molar-refractivity contribution in [2.24, 2.45) is 17.3 Å². The Kier molecular flexibility index (Phi) is 3.78. The van der Waals surface area contributed by atoms with E-state index in [1.54, 1.807) is 6.07 Å². The van der Waals surface area contributed by atoms with E-state index in [1.165, 1.54) is 6.42 Å². The van der Waals surface area contributed by atoms with E-state index >= 15 is 0 Å². The minimum absolute atomic E-state index is 0.0324. The number of benzene rings is 2. The van der Waals surface area contributed by atoms with Gasteiger partial charge in [0.1, 0.15) is 5.60 Å². The van der Waals surface area contributed by atoms with Crippen LogP contribution in [0.5, 0.6) is 0 Å². The lowest BCUT2D eigenvalue weighted by Gasteiger charge is -2.66. The minimum atomic E-state index is -1.37. The highest BCUT2D eigenvalue weighted by molar-refractivity contribution is 5.95. The van der Waals surface area contributed by atoms with Gasteiger partial charge in [-0.25, -0.2) is 9.68 Å². The SMILES string of the molecule is CC1CCC2CC1(OOC1(c3ccccc3)OC(=O)c3ccccc31)C2(C)C. The Morgan fingerprint density at radius 3 is 2.39 bits per heavy atom. The molecule has 0 radical (unpaired) electrons. The van der Waals surface area contributed by atoms with E-state index in [2.05, 4.69) is 20.8 Å². The lowest BCUT2D eigenvalue weighted by atomic mass is 9.43. The molecule has 4 atom stereocenters. The summed E-state index contributed by atoms with van der Waals surface area (Å²) in [6.45, 7) is 6.78. The van der Waals surface area contributed by atoms with Crippen LogP contribution in [0.15, 0.2) is 54.6 Å². The maximum absolute atomic E-state index is 12.6. The number of hydrogen-bond acceptors (Lipinski definition) is 4. The Labute approximate surface area is 165 Å². The molecule has 0 amide bonds. The first-order valence-corrected chi connectivity index (χ1v) is 10.2. The zero-order valence-corrected chi connectivity index (χ0v) is 16.6. The van der Waals surface area contributed by atoms with Crippen LogP contribution in [0, 0.1) is 17.3 Å². The van der Waals surface area contributed by atoms with Crippen molar-refractivity contribution in [2.75, 3.05) is 0 Å². The van der Waals surface area contributed by atoms with Crippen LogP contribution < -0.4 is 0 Å². The number of esters is 1. The summed E-state index contributed by atoms with van der Waals surface area (Å²) < 4.78 is 5.88. The molecule has 146 valence electrons. The third-order valence-electron chi connectivity index (χ3n) is 7.60. The number of hydrogen-bond donors (Lipinski definition) is 0. The van der Waals surface area contributed by atoms with Crippen molar-refractivity contribution in [2.45, 2.75) is 51.4 Å². The quantitative estimate of drug-likeness (QED) is 0.416. The van der Waals surface area contributed by atoms with Crippen molar-refractivity contribution in [1.29, 1.82) is 0 Å². The molecule has 2 bridgehead atoms. The summed E-state index contributed by atoms with van der Waals surface area (Å²) in [7, 11) is 0. The maximum atomic E-state index is 12.6. The van der Waals surface area contributed by atoms with E-state index in [0.29, 0.717) is 23.0 Å². The van der Waals surface area contributed by atoms with Crippen LogP contribution in [0.4, 0.5) is 0 Å². The molecule has 1 aliphatic heterocycles. The number of cyclic esters (lactones) is 1. The van der Waals surface area contributed by atoms with E-state index in [1.807, 2.05) is 48.5 Å². The Balaban J connectivity index is 1.56. The standard InChI is InChI=1S/C24H26O4/c1-16-13-14-18-15-23(16,22(18,2)3)27-28-24(17-9-5-4-6-10-17)20-12-8-7-11-19(20)21(25)26-24/h4-12,16,18H,13-15H2,1-3H3. The normalized spacial score (nSPS) is 35.0. The van der Waals surface area contributed by atoms with Gasteiger partial charge in [0.05, 0.1) is 5.56 Å². The van der Waals surface area contributed by atoms with Crippen LogP contribution in [0.2, 0.25) is 0 Å². The Morgan fingerprint density at radius 1 is 0.964 bits per heavy atom. The van der Waals surface area contributed by atoms with Crippen LogP contribution in [0.1, 0.15) is 61.5 Å². The molecule has 0 N–H and O–H groups in total. The molecule has 4 heteroatoms. The molecular formula is C24H26O4. The van der Waals surface area contributed by atoms with Gasteiger partial charge in [0.2, 0.25) is 0 Å². The summed E-state index contributed by atoms with van der Waals surface area (Å²) in [6, 6.07) is 17.0. The number of carbonyl (C=O) groups excluding carboxylic acids is 1. The fourth-order valence-electron chi connectivity index (χ4n) is 5.61. The van der Waals surface area contributed by atoms with E-state index in [0.717, 1.165) is 18.4 Å². The van der Waals surface area contributed by atoms with Crippen LogP contribution in [-0.2, 0) is 20.3 Å². The van der Waals surface area contributed by atoms with E-state index in [9.17, 15) is 4.79 Å². The van der Waals surface area contributed by atoms with Gasteiger partial charge in [-0.3, -0.25) is 0 Å². The van der Waals surface area contributed by atoms with Gasteiger partial charge in [0, 0.05) is 16.5 Å². The van der Waals surface area contributed by atoms with Gasteiger partial charge in [-0.05, 0) is 37.2 Å². The maximum Gasteiger partial charge on any atom is 0.341 e. The summed E-state index contributed by atoms with van der Waals surface area (Å²) >= 11 is 0. The highest BCUT2D eigenvalue weighted by atomic mass is 17.2. The lowest BCUT2D eigenvalue weighted by Crippen LogP contribution is -2.68. The summed E-state index contributed by atoms with van der Waals surface area (Å²) in [5.74, 6) is -0.726. The second kappa shape index (κ2) is 5.91. The number of rotatable bonds is 4. The third kappa shape index (κ3) is 2.16. The molecule has 0 saturated heterocycles. The fraction of sp³-hybridized carbons (Fsp3) is 0.458. The van der Waals surface area contributed by atoms with Crippen molar-refractivity contribution in [3.05, 3.63) is 71.3 Å². The summed E-state index contributed by atoms with van der Waals surface area (Å²) in [4.78, 5) is 25.2. The largest absolute Gasteiger partial charge is 0.418 e. The van der Waals surface area contributed by atoms with Gasteiger partial charge in [-0.2, -0.15) is 4.89 Å². The zero-order valence-electron chi connectivity index (χ0n) is 16.6. The summed E-state index contributed by atoms with van der Waals surface area (Å²) in [5, 5.41) is 0. The highest BCUT2D eigenvalue weighted by Gasteiger charge is 2.67. The van der Waals surface area contributed by atoms with Gasteiger partial charge in [0.15, 0.2) is 0 Å². The predicted molar refractivity (Wildman–Crippen MR) is 104 cm³/mol. The van der Waals surface area contributed by atoms with Gasteiger partial charge in [0.25, 0.3) is 5.79 Å². The first-order chi connectivity index (χ1) is 13.4. The van der Waals surface area contributed by atoms with E-state index in [4.69, 9.17) is 14.5 Å². The molecule has 4 unspecified atom stereocenters. The number of ether oxygens (including phenoxy) is 1. The smallest absolute Gasteiger partial charge is 0.341 e. The molecular weight excluding hydrogens is 352 g/mol. The number of fused-ring (bicyclic) bond motifs is 3. The molecule has 2 aromatic rings. The monoisotopic (exact) mass is 378 g/mol. The summed E-state index contributed by atoms with van der Waals surface area (Å²) in [5.41, 5.74) is 1.64. The van der Waals surface area contributed by atoms with Gasteiger partial charge >= 0.3 is 5.97 Å². The molecule has 6 rings (SSSR count). The van der Waals surface area contributed by atoms with Crippen molar-refractivity contribution in [1.82, 2.24) is 0 Å². The van der Waals surface area contributed by atoms with E-state index in [-0.39, 0.29) is 17.0 Å². The van der Waals surface area contributed by atoms with Gasteiger partial charge in [-0.1, -0.05) is 69.3 Å². The Bertz CT molecular complexity index is 921. The average molecular weight is 378 g/mol. The van der Waals surface area contributed by atoms with E-state index < -0.39 is 5.79 Å². The Hall–Kier alpha value is -2.17. The third-order valence-corrected chi connectivity index (χ3v) is 7.60. The molecule has 0 spiro atoms. The van der Waals surface area contributed by atoms with Gasteiger partial charge < -0.3 is 4.74 Å². The van der Waals surface area contributed by atoms with Crippen LogP contribution in [-0.4, -0.2) is 11.6 Å². The zero-order chi connectivity index (χ0) is 19.6. The highest BCUT2D eigenvalue weighted by Crippen LogP contribution is 2.66. The molecule has 4 aliphatic rings. The number of carbonyl (C=O) groups is 1. The molecule has 3 saturated carbocycles. The Morgan fingerprint density at radius 2 is 1.68 bits per heavy atom. The first kappa shape index (κ1) is 17.9. The molecule has 3 aliphatic carbocycles. The topological polar surface area (TPSA) is 44.8 Å². The predicted octanol–water partition coefficient (Wildman–Crippen LogP) is 5.22. The second-order valence-electron chi connectivity index (χ2n) is 9.07. The molecule has 0 aromatic heterocycles. The van der Waals surface area contributed by atoms with Crippen molar-refractivity contribution in [3.8, 4) is 0 Å². The van der Waals surface area contributed by atoms with Crippen LogP contribution in [0.3, 0.4) is 0 Å². The second-order valence-corrected chi connectivity index (χ2v) is 9.07. The minimum Gasteiger partial charge on any atom is -0.418 e. The van der Waals surface area contributed by atoms with Crippen LogP contribution >= 0.6 is 0 Å². The molecule has 1 heterocycles. The van der Waals surface area contributed by atoms with Crippen molar-refractivity contribution < 1.29 is 19.3 Å². The van der Waals surface area contributed by atoms with Gasteiger partial charge in [-0.15, -0.1) is 0 Å². The molecule has 2 aromatic carbocycles. The first-order valence-electron chi connectivity index (χ1n) is 10.2. The molecule has 3 fully saturated rings. The fourth-order valence-corrected chi connectivity index (χ4v) is 5.61. The summed E-state index contributed by atoms with van der Waals surface area (Å²) in [6.07, 6.45) is 3.36. The molecule has 28 heavy (non-hydrogen) atoms. The van der Waals surface area contributed by atoms with Crippen molar-refractivity contribution >= 4 is 5.97 Å². The average Bonchev–Trinajstić information content (AvgIpc) is 3.01. The van der Waals surface area contributed by atoms with Crippen molar-refractivity contribution in [3.63, 3.8) is 0 Å². The molecule has 4 nitrogen and oxygen atoms in total. The van der Waals surface area contributed by atoms with Crippen LogP contribution in [0.25, 0.3) is 0 Å². The lowest BCUT2D eigenvalue weighted by molar-refractivity contribution is -0.499.